The number of likely N-dealkylation sites (tertiary alicyclic amines) is 1. The Kier molecular flexibility index (Phi) is 6.58. The summed E-state index contributed by atoms with van der Waals surface area (Å²) in [5, 5.41) is 3.45. The predicted octanol–water partition coefficient (Wildman–Crippen LogP) is 4.22. The van der Waals surface area contributed by atoms with E-state index in [1.165, 1.54) is 12.8 Å². The molecule has 0 bridgehead atoms. The van der Waals surface area contributed by atoms with Crippen LogP contribution >= 0.6 is 11.6 Å². The first-order chi connectivity index (χ1) is 14.6. The number of carbonyl (C=O) groups excluding carboxylic acids is 2. The molecule has 0 radical (unpaired) electrons. The molecule has 2 aliphatic heterocycles. The predicted molar refractivity (Wildman–Crippen MR) is 120 cm³/mol. The van der Waals surface area contributed by atoms with Gasteiger partial charge in [0.25, 0.3) is 11.8 Å². The second-order valence-corrected chi connectivity index (χ2v) is 8.57. The number of para-hydroxylation sites is 1. The second kappa shape index (κ2) is 9.52. The maximum Gasteiger partial charge on any atom is 0.255 e. The molecule has 2 aliphatic rings. The summed E-state index contributed by atoms with van der Waals surface area (Å²) in [6.45, 7) is 4.00. The number of amides is 2. The summed E-state index contributed by atoms with van der Waals surface area (Å²) in [5.41, 5.74) is 2.33. The van der Waals surface area contributed by atoms with E-state index >= 15 is 0 Å². The molecule has 30 heavy (non-hydrogen) atoms. The standard InChI is InChI=1S/C24H28ClN3O2/c25-21-11-3-1-9-19(21)23(29)26-16-18-8-7-15-28(17-18)24(30)20-10-2-4-12-22(20)27-13-5-6-14-27/h1-4,9-12,18H,5-8,13-17H2,(H,26,29)/t18-/m0/s1. The van der Waals surface area contributed by atoms with Gasteiger partial charge in [0.15, 0.2) is 0 Å². The van der Waals surface area contributed by atoms with E-state index in [2.05, 4.69) is 16.3 Å². The first-order valence-electron chi connectivity index (χ1n) is 10.8. The van der Waals surface area contributed by atoms with Crippen molar-refractivity contribution < 1.29 is 9.59 Å². The van der Waals surface area contributed by atoms with Crippen LogP contribution in [0, 0.1) is 5.92 Å². The highest BCUT2D eigenvalue weighted by molar-refractivity contribution is 6.33. The first kappa shape index (κ1) is 20.7. The molecule has 0 spiro atoms. The van der Waals surface area contributed by atoms with Gasteiger partial charge in [-0.15, -0.1) is 0 Å². The van der Waals surface area contributed by atoms with Crippen LogP contribution in [0.25, 0.3) is 0 Å². The largest absolute Gasteiger partial charge is 0.371 e. The average Bonchev–Trinajstić information content (AvgIpc) is 3.32. The minimum atomic E-state index is -0.163. The summed E-state index contributed by atoms with van der Waals surface area (Å²) in [4.78, 5) is 30.0. The van der Waals surface area contributed by atoms with Gasteiger partial charge in [0.1, 0.15) is 0 Å². The van der Waals surface area contributed by atoms with Gasteiger partial charge in [-0.05, 0) is 55.9 Å². The van der Waals surface area contributed by atoms with E-state index < -0.39 is 0 Å². The molecule has 2 aromatic rings. The zero-order valence-corrected chi connectivity index (χ0v) is 17.9. The first-order valence-corrected chi connectivity index (χ1v) is 11.2. The number of benzene rings is 2. The third-order valence-corrected chi connectivity index (χ3v) is 6.39. The van der Waals surface area contributed by atoms with Crippen molar-refractivity contribution in [3.63, 3.8) is 0 Å². The minimum absolute atomic E-state index is 0.0969. The van der Waals surface area contributed by atoms with Gasteiger partial charge in [-0.3, -0.25) is 9.59 Å². The molecule has 2 heterocycles. The van der Waals surface area contributed by atoms with Gasteiger partial charge < -0.3 is 15.1 Å². The Balaban J connectivity index is 1.39. The lowest BCUT2D eigenvalue weighted by Gasteiger charge is -2.34. The molecule has 0 unspecified atom stereocenters. The number of nitrogens with zero attached hydrogens (tertiary/aromatic N) is 2. The highest BCUT2D eigenvalue weighted by atomic mass is 35.5. The molecule has 0 saturated carbocycles. The summed E-state index contributed by atoms with van der Waals surface area (Å²) in [6.07, 6.45) is 4.31. The number of carbonyl (C=O) groups is 2. The van der Waals surface area contributed by atoms with Crippen LogP contribution in [0.3, 0.4) is 0 Å². The van der Waals surface area contributed by atoms with Crippen LogP contribution in [-0.4, -0.2) is 49.4 Å². The van der Waals surface area contributed by atoms with Gasteiger partial charge in [0.05, 0.1) is 16.1 Å². The van der Waals surface area contributed by atoms with Crippen LogP contribution in [0.1, 0.15) is 46.4 Å². The van der Waals surface area contributed by atoms with E-state index in [1.807, 2.05) is 29.2 Å². The van der Waals surface area contributed by atoms with Crippen molar-refractivity contribution in [1.82, 2.24) is 10.2 Å². The van der Waals surface area contributed by atoms with Crippen molar-refractivity contribution in [2.75, 3.05) is 37.6 Å². The summed E-state index contributed by atoms with van der Waals surface area (Å²) in [7, 11) is 0. The normalized spacial score (nSPS) is 19.0. The Hall–Kier alpha value is -2.53. The number of anilines is 1. The molecule has 6 heteroatoms. The summed E-state index contributed by atoms with van der Waals surface area (Å²) < 4.78 is 0. The monoisotopic (exact) mass is 425 g/mol. The van der Waals surface area contributed by atoms with Gasteiger partial charge in [-0.2, -0.15) is 0 Å². The zero-order chi connectivity index (χ0) is 20.9. The smallest absolute Gasteiger partial charge is 0.255 e. The third-order valence-electron chi connectivity index (χ3n) is 6.06. The van der Waals surface area contributed by atoms with E-state index in [-0.39, 0.29) is 17.7 Å². The van der Waals surface area contributed by atoms with Crippen molar-refractivity contribution in [2.24, 2.45) is 5.92 Å². The number of nitrogens with one attached hydrogen (secondary N) is 1. The Labute approximate surface area is 183 Å². The number of piperidine rings is 1. The second-order valence-electron chi connectivity index (χ2n) is 8.16. The molecule has 5 nitrogen and oxygen atoms in total. The van der Waals surface area contributed by atoms with Gasteiger partial charge in [0.2, 0.25) is 0 Å². The van der Waals surface area contributed by atoms with Crippen LogP contribution < -0.4 is 10.2 Å². The molecule has 1 N–H and O–H groups in total. The van der Waals surface area contributed by atoms with E-state index in [0.717, 1.165) is 43.7 Å². The summed E-state index contributed by atoms with van der Waals surface area (Å²) in [5.74, 6) is 0.177. The highest BCUT2D eigenvalue weighted by Gasteiger charge is 2.27. The van der Waals surface area contributed by atoms with Gasteiger partial charge in [-0.25, -0.2) is 0 Å². The third kappa shape index (κ3) is 4.62. The molecule has 158 valence electrons. The molecule has 0 aromatic heterocycles. The van der Waals surface area contributed by atoms with Gasteiger partial charge >= 0.3 is 0 Å². The van der Waals surface area contributed by atoms with E-state index in [1.54, 1.807) is 18.2 Å². The van der Waals surface area contributed by atoms with E-state index in [9.17, 15) is 9.59 Å². The fraction of sp³-hybridized carbons (Fsp3) is 0.417. The molecule has 2 amide bonds. The molecule has 2 fully saturated rings. The van der Waals surface area contributed by atoms with Crippen LogP contribution in [-0.2, 0) is 0 Å². The number of halogens is 1. The fourth-order valence-corrected chi connectivity index (χ4v) is 4.67. The van der Waals surface area contributed by atoms with Crippen molar-refractivity contribution >= 4 is 29.1 Å². The highest BCUT2D eigenvalue weighted by Crippen LogP contribution is 2.27. The molecule has 1 atom stereocenters. The lowest BCUT2D eigenvalue weighted by molar-refractivity contribution is 0.0671. The molecular weight excluding hydrogens is 398 g/mol. The Morgan fingerprint density at radius 1 is 0.933 bits per heavy atom. The topological polar surface area (TPSA) is 52.7 Å². The summed E-state index contributed by atoms with van der Waals surface area (Å²) >= 11 is 6.12. The molecular formula is C24H28ClN3O2. The van der Waals surface area contributed by atoms with Crippen LogP contribution in [0.4, 0.5) is 5.69 Å². The molecule has 4 rings (SSSR count). The number of hydrogen-bond donors (Lipinski definition) is 1. The van der Waals surface area contributed by atoms with Crippen LogP contribution in [0.2, 0.25) is 5.02 Å². The van der Waals surface area contributed by atoms with E-state index in [4.69, 9.17) is 11.6 Å². The van der Waals surface area contributed by atoms with Crippen LogP contribution in [0.15, 0.2) is 48.5 Å². The Morgan fingerprint density at radius 2 is 1.63 bits per heavy atom. The maximum atomic E-state index is 13.3. The van der Waals surface area contributed by atoms with E-state index in [0.29, 0.717) is 23.7 Å². The van der Waals surface area contributed by atoms with Crippen LogP contribution in [0.5, 0.6) is 0 Å². The van der Waals surface area contributed by atoms with Crippen molar-refractivity contribution in [3.8, 4) is 0 Å². The minimum Gasteiger partial charge on any atom is -0.371 e. The molecule has 2 saturated heterocycles. The number of hydrogen-bond acceptors (Lipinski definition) is 3. The van der Waals surface area contributed by atoms with Gasteiger partial charge in [0, 0.05) is 38.4 Å². The number of rotatable bonds is 5. The van der Waals surface area contributed by atoms with Crippen molar-refractivity contribution in [1.29, 1.82) is 0 Å². The van der Waals surface area contributed by atoms with Crippen molar-refractivity contribution in [2.45, 2.75) is 25.7 Å². The molecule has 2 aromatic carbocycles. The fourth-order valence-electron chi connectivity index (χ4n) is 4.45. The maximum absolute atomic E-state index is 13.3. The van der Waals surface area contributed by atoms with Crippen molar-refractivity contribution in [3.05, 3.63) is 64.7 Å². The Bertz CT molecular complexity index is 911. The Morgan fingerprint density at radius 3 is 2.40 bits per heavy atom. The zero-order valence-electron chi connectivity index (χ0n) is 17.1. The molecule has 0 aliphatic carbocycles. The van der Waals surface area contributed by atoms with Gasteiger partial charge in [-0.1, -0.05) is 35.9 Å². The lowest BCUT2D eigenvalue weighted by Crippen LogP contribution is -2.44. The SMILES string of the molecule is O=C(NC[C@@H]1CCCN(C(=O)c2ccccc2N2CCCC2)C1)c1ccccc1Cl. The average molecular weight is 426 g/mol. The quantitative estimate of drug-likeness (QED) is 0.780. The summed E-state index contributed by atoms with van der Waals surface area (Å²) in [6, 6.07) is 15.0. The lowest BCUT2D eigenvalue weighted by atomic mass is 9.97.